The fourth-order valence-electron chi connectivity index (χ4n) is 3.35. The molecule has 0 aromatic heterocycles. The first-order valence-electron chi connectivity index (χ1n) is 9.88. The zero-order valence-corrected chi connectivity index (χ0v) is 19.3. The van der Waals surface area contributed by atoms with Crippen molar-refractivity contribution in [3.8, 4) is 0 Å². The largest absolute Gasteiger partial charge is 0.324 e. The van der Waals surface area contributed by atoms with Crippen LogP contribution >= 0.6 is 23.2 Å². The Labute approximate surface area is 192 Å². The molecule has 0 atom stereocenters. The highest BCUT2D eigenvalue weighted by Gasteiger charge is 2.27. The average Bonchev–Trinajstić information content (AvgIpc) is 3.16. The van der Waals surface area contributed by atoms with E-state index in [1.54, 1.807) is 29.2 Å². The molecule has 1 aliphatic heterocycles. The molecule has 0 unspecified atom stereocenters. The Morgan fingerprint density at radius 1 is 1.16 bits per heavy atom. The second-order valence-electron chi connectivity index (χ2n) is 7.15. The minimum Gasteiger partial charge on any atom is -0.324 e. The molecule has 166 valence electrons. The number of benzene rings is 2. The number of anilines is 2. The SMILES string of the molecule is CCCN(CC(=O)Nc1cc(Cl)ccc1Cl)S(=O)(=O)c1ccc(N2CCCC2=O)cc1. The van der Waals surface area contributed by atoms with E-state index in [-0.39, 0.29) is 23.9 Å². The lowest BCUT2D eigenvalue weighted by molar-refractivity contribution is -0.117. The van der Waals surface area contributed by atoms with E-state index < -0.39 is 15.9 Å². The molecule has 10 heteroatoms. The third-order valence-electron chi connectivity index (χ3n) is 4.86. The lowest BCUT2D eigenvalue weighted by atomic mass is 10.3. The van der Waals surface area contributed by atoms with Gasteiger partial charge in [-0.25, -0.2) is 8.42 Å². The van der Waals surface area contributed by atoms with Crippen molar-refractivity contribution in [2.45, 2.75) is 31.1 Å². The van der Waals surface area contributed by atoms with Crippen LogP contribution in [0.15, 0.2) is 47.4 Å². The summed E-state index contributed by atoms with van der Waals surface area (Å²) in [5.74, 6) is -0.500. The predicted molar refractivity (Wildman–Crippen MR) is 122 cm³/mol. The first-order chi connectivity index (χ1) is 14.7. The van der Waals surface area contributed by atoms with Crippen molar-refractivity contribution in [3.05, 3.63) is 52.5 Å². The molecule has 1 saturated heterocycles. The van der Waals surface area contributed by atoms with E-state index in [0.717, 1.165) is 10.7 Å². The molecule has 1 aliphatic rings. The van der Waals surface area contributed by atoms with E-state index in [2.05, 4.69) is 5.32 Å². The summed E-state index contributed by atoms with van der Waals surface area (Å²) in [5, 5.41) is 3.31. The van der Waals surface area contributed by atoms with Crippen molar-refractivity contribution in [2.24, 2.45) is 0 Å². The van der Waals surface area contributed by atoms with Gasteiger partial charge in [0, 0.05) is 30.2 Å². The lowest BCUT2D eigenvalue weighted by Crippen LogP contribution is -2.38. The zero-order chi connectivity index (χ0) is 22.6. The van der Waals surface area contributed by atoms with Crippen LogP contribution in [-0.2, 0) is 19.6 Å². The summed E-state index contributed by atoms with van der Waals surface area (Å²) in [6.45, 7) is 2.26. The quantitative estimate of drug-likeness (QED) is 0.610. The van der Waals surface area contributed by atoms with E-state index in [1.807, 2.05) is 6.92 Å². The lowest BCUT2D eigenvalue weighted by Gasteiger charge is -2.22. The van der Waals surface area contributed by atoms with Crippen LogP contribution in [0.2, 0.25) is 10.0 Å². The van der Waals surface area contributed by atoms with Crippen molar-refractivity contribution in [2.75, 3.05) is 29.9 Å². The van der Waals surface area contributed by atoms with Gasteiger partial charge in [-0.15, -0.1) is 0 Å². The fraction of sp³-hybridized carbons (Fsp3) is 0.333. The molecule has 2 aromatic carbocycles. The number of sulfonamides is 1. The standard InChI is InChI=1S/C21H23Cl2N3O4S/c1-2-11-25(14-20(27)24-19-13-15(22)5-10-18(19)23)31(29,30)17-8-6-16(7-9-17)26-12-3-4-21(26)28/h5-10,13H,2-4,11-12,14H2,1H3,(H,24,27). The highest BCUT2D eigenvalue weighted by Crippen LogP contribution is 2.26. The molecule has 7 nitrogen and oxygen atoms in total. The van der Waals surface area contributed by atoms with E-state index in [0.29, 0.717) is 40.8 Å². The molecule has 3 rings (SSSR count). The summed E-state index contributed by atoms with van der Waals surface area (Å²) >= 11 is 12.0. The van der Waals surface area contributed by atoms with Gasteiger partial charge in [-0.1, -0.05) is 30.1 Å². The molecule has 1 heterocycles. The molecule has 0 aliphatic carbocycles. The number of hydrogen-bond donors (Lipinski definition) is 1. The van der Waals surface area contributed by atoms with Crippen LogP contribution in [0.1, 0.15) is 26.2 Å². The van der Waals surface area contributed by atoms with Crippen LogP contribution in [0.25, 0.3) is 0 Å². The van der Waals surface area contributed by atoms with Gasteiger partial charge >= 0.3 is 0 Å². The van der Waals surface area contributed by atoms with Gasteiger partial charge in [0.15, 0.2) is 0 Å². The van der Waals surface area contributed by atoms with Gasteiger partial charge in [0.1, 0.15) is 0 Å². The minimum absolute atomic E-state index is 0.0274. The molecule has 1 fully saturated rings. The second kappa shape index (κ2) is 9.99. The fourth-order valence-corrected chi connectivity index (χ4v) is 5.17. The molecule has 0 spiro atoms. The summed E-state index contributed by atoms with van der Waals surface area (Å²) in [5.41, 5.74) is 0.976. The first-order valence-corrected chi connectivity index (χ1v) is 12.1. The van der Waals surface area contributed by atoms with Crippen molar-refractivity contribution < 1.29 is 18.0 Å². The third kappa shape index (κ3) is 5.57. The monoisotopic (exact) mass is 483 g/mol. The van der Waals surface area contributed by atoms with Gasteiger partial charge in [-0.2, -0.15) is 4.31 Å². The van der Waals surface area contributed by atoms with Crippen LogP contribution in [0, 0.1) is 0 Å². The van der Waals surface area contributed by atoms with Crippen LogP contribution in [-0.4, -0.2) is 44.2 Å². The Kier molecular flexibility index (Phi) is 7.59. The van der Waals surface area contributed by atoms with E-state index in [4.69, 9.17) is 23.2 Å². The van der Waals surface area contributed by atoms with E-state index >= 15 is 0 Å². The summed E-state index contributed by atoms with van der Waals surface area (Å²) in [6.07, 6.45) is 1.82. The number of nitrogens with one attached hydrogen (secondary N) is 1. The smallest absolute Gasteiger partial charge is 0.243 e. The number of rotatable bonds is 8. The maximum atomic E-state index is 13.1. The molecule has 2 aromatic rings. The Morgan fingerprint density at radius 2 is 1.87 bits per heavy atom. The number of carbonyl (C=O) groups is 2. The molecule has 0 radical (unpaired) electrons. The third-order valence-corrected chi connectivity index (χ3v) is 7.28. The highest BCUT2D eigenvalue weighted by molar-refractivity contribution is 7.89. The van der Waals surface area contributed by atoms with Gasteiger partial charge in [-0.05, 0) is 55.3 Å². The maximum absolute atomic E-state index is 13.1. The van der Waals surface area contributed by atoms with Crippen LogP contribution in [0.3, 0.4) is 0 Å². The molecule has 1 N–H and O–H groups in total. The summed E-state index contributed by atoms with van der Waals surface area (Å²) in [6, 6.07) is 10.8. The van der Waals surface area contributed by atoms with Crippen molar-refractivity contribution in [3.63, 3.8) is 0 Å². The van der Waals surface area contributed by atoms with Gasteiger partial charge in [0.05, 0.1) is 22.2 Å². The predicted octanol–water partition coefficient (Wildman–Crippen LogP) is 4.16. The summed E-state index contributed by atoms with van der Waals surface area (Å²) in [7, 11) is -3.91. The topological polar surface area (TPSA) is 86.8 Å². The van der Waals surface area contributed by atoms with Gasteiger partial charge in [0.2, 0.25) is 21.8 Å². The number of nitrogens with zero attached hydrogens (tertiary/aromatic N) is 2. The van der Waals surface area contributed by atoms with Gasteiger partial charge in [-0.3, -0.25) is 9.59 Å². The maximum Gasteiger partial charge on any atom is 0.243 e. The number of amides is 2. The molecular weight excluding hydrogens is 461 g/mol. The van der Waals surface area contributed by atoms with Crippen molar-refractivity contribution in [1.82, 2.24) is 4.31 Å². The molecule has 31 heavy (non-hydrogen) atoms. The Bertz CT molecular complexity index is 1070. The Morgan fingerprint density at radius 3 is 2.48 bits per heavy atom. The van der Waals surface area contributed by atoms with Gasteiger partial charge < -0.3 is 10.2 Å². The van der Waals surface area contributed by atoms with Gasteiger partial charge in [0.25, 0.3) is 0 Å². The van der Waals surface area contributed by atoms with Crippen molar-refractivity contribution >= 4 is 56.4 Å². The Hall–Kier alpha value is -2.13. The van der Waals surface area contributed by atoms with Crippen LogP contribution < -0.4 is 10.2 Å². The summed E-state index contributed by atoms with van der Waals surface area (Å²) in [4.78, 5) is 26.1. The molecule has 0 saturated carbocycles. The number of halogens is 2. The van der Waals surface area contributed by atoms with E-state index in [9.17, 15) is 18.0 Å². The van der Waals surface area contributed by atoms with Crippen LogP contribution in [0.4, 0.5) is 11.4 Å². The van der Waals surface area contributed by atoms with Crippen LogP contribution in [0.5, 0.6) is 0 Å². The molecule has 0 bridgehead atoms. The minimum atomic E-state index is -3.91. The van der Waals surface area contributed by atoms with Crippen molar-refractivity contribution in [1.29, 1.82) is 0 Å². The highest BCUT2D eigenvalue weighted by atomic mass is 35.5. The first kappa shape index (κ1) is 23.5. The molecular formula is C21H23Cl2N3O4S. The Balaban J connectivity index is 1.76. The molecule has 2 amide bonds. The second-order valence-corrected chi connectivity index (χ2v) is 9.94. The summed E-state index contributed by atoms with van der Waals surface area (Å²) < 4.78 is 27.4. The number of hydrogen-bond acceptors (Lipinski definition) is 4. The number of carbonyl (C=O) groups excluding carboxylic acids is 2. The normalized spacial score (nSPS) is 14.3. The average molecular weight is 484 g/mol. The zero-order valence-electron chi connectivity index (χ0n) is 17.0. The van der Waals surface area contributed by atoms with E-state index in [1.165, 1.54) is 18.2 Å².